The molecule has 1 atom stereocenters. The van der Waals surface area contributed by atoms with Crippen LogP contribution in [0.4, 0.5) is 0 Å². The van der Waals surface area contributed by atoms with Crippen LogP contribution in [0.25, 0.3) is 10.9 Å². The average Bonchev–Trinajstić information content (AvgIpc) is 3.28. The van der Waals surface area contributed by atoms with Gasteiger partial charge in [0.2, 0.25) is 5.89 Å². The van der Waals surface area contributed by atoms with Crippen LogP contribution in [0.2, 0.25) is 0 Å². The van der Waals surface area contributed by atoms with Gasteiger partial charge in [0, 0.05) is 5.92 Å². The van der Waals surface area contributed by atoms with Crippen molar-refractivity contribution in [3.05, 3.63) is 76.2 Å². The van der Waals surface area contributed by atoms with Crippen molar-refractivity contribution < 1.29 is 9.26 Å². The van der Waals surface area contributed by atoms with Crippen LogP contribution >= 0.6 is 11.8 Å². The molecule has 0 saturated heterocycles. The molecule has 0 amide bonds. The molecule has 0 radical (unpaired) electrons. The fraction of sp³-hybridized carbons (Fsp3) is 0.304. The van der Waals surface area contributed by atoms with Gasteiger partial charge in [0.05, 0.1) is 29.8 Å². The predicted octanol–water partition coefficient (Wildman–Crippen LogP) is 4.81. The maximum Gasteiger partial charge on any atom is 0.262 e. The van der Waals surface area contributed by atoms with E-state index in [1.165, 1.54) is 11.8 Å². The first-order valence-corrected chi connectivity index (χ1v) is 11.0. The summed E-state index contributed by atoms with van der Waals surface area (Å²) in [6, 6.07) is 15.1. The topological polar surface area (TPSA) is 83.0 Å². The number of benzene rings is 2. The molecular formula is C23H24N4O3S. The molecule has 2 aromatic heterocycles. The Morgan fingerprint density at radius 1 is 1.06 bits per heavy atom. The number of hydrogen-bond acceptors (Lipinski definition) is 7. The molecular weight excluding hydrogens is 412 g/mol. The number of ether oxygens (including phenoxy) is 1. The zero-order valence-electron chi connectivity index (χ0n) is 17.9. The van der Waals surface area contributed by atoms with Gasteiger partial charge in [0.15, 0.2) is 11.0 Å². The van der Waals surface area contributed by atoms with Crippen LogP contribution in [0, 0.1) is 0 Å². The molecule has 4 aromatic rings. The third-order valence-corrected chi connectivity index (χ3v) is 6.01. The van der Waals surface area contributed by atoms with Crippen molar-refractivity contribution in [3.8, 4) is 5.75 Å². The summed E-state index contributed by atoms with van der Waals surface area (Å²) in [7, 11) is 1.63. The lowest BCUT2D eigenvalue weighted by Gasteiger charge is -2.15. The Labute approximate surface area is 184 Å². The molecule has 0 unspecified atom stereocenters. The van der Waals surface area contributed by atoms with E-state index < -0.39 is 0 Å². The van der Waals surface area contributed by atoms with E-state index in [0.29, 0.717) is 34.3 Å². The van der Waals surface area contributed by atoms with Crippen LogP contribution in [0.3, 0.4) is 0 Å². The molecule has 8 heteroatoms. The fourth-order valence-electron chi connectivity index (χ4n) is 3.15. The van der Waals surface area contributed by atoms with Gasteiger partial charge in [0.1, 0.15) is 5.75 Å². The van der Waals surface area contributed by atoms with Gasteiger partial charge in [0.25, 0.3) is 5.56 Å². The van der Waals surface area contributed by atoms with Crippen molar-refractivity contribution in [2.45, 2.75) is 43.6 Å². The van der Waals surface area contributed by atoms with Gasteiger partial charge in [-0.15, -0.1) is 0 Å². The second-order valence-electron chi connectivity index (χ2n) is 7.56. The van der Waals surface area contributed by atoms with Gasteiger partial charge in [-0.2, -0.15) is 4.98 Å². The van der Waals surface area contributed by atoms with E-state index in [1.807, 2.05) is 63.2 Å². The number of methoxy groups -OCH3 is 1. The highest BCUT2D eigenvalue weighted by molar-refractivity contribution is 7.99. The highest BCUT2D eigenvalue weighted by Gasteiger charge is 2.21. The summed E-state index contributed by atoms with van der Waals surface area (Å²) in [5, 5.41) is 5.09. The largest absolute Gasteiger partial charge is 0.497 e. The maximum atomic E-state index is 13.3. The van der Waals surface area contributed by atoms with Gasteiger partial charge in [-0.25, -0.2) is 4.98 Å². The van der Waals surface area contributed by atoms with Crippen LogP contribution in [0.15, 0.2) is 63.0 Å². The monoisotopic (exact) mass is 436 g/mol. The lowest BCUT2D eigenvalue weighted by molar-refractivity contribution is 0.372. The zero-order chi connectivity index (χ0) is 22.0. The van der Waals surface area contributed by atoms with Crippen LogP contribution in [0.5, 0.6) is 5.75 Å². The molecule has 2 aromatic carbocycles. The molecule has 160 valence electrons. The highest BCUT2D eigenvalue weighted by Crippen LogP contribution is 2.33. The molecule has 31 heavy (non-hydrogen) atoms. The summed E-state index contributed by atoms with van der Waals surface area (Å²) in [6.45, 7) is 6.41. The van der Waals surface area contributed by atoms with E-state index in [1.54, 1.807) is 17.7 Å². The molecule has 0 N–H and O–H groups in total. The minimum absolute atomic E-state index is 0.0792. The molecule has 7 nitrogen and oxygen atoms in total. The fourth-order valence-corrected chi connectivity index (χ4v) is 4.08. The van der Waals surface area contributed by atoms with Crippen molar-refractivity contribution in [2.24, 2.45) is 0 Å². The summed E-state index contributed by atoms with van der Waals surface area (Å²) < 4.78 is 12.4. The Kier molecular flexibility index (Phi) is 6.08. The van der Waals surface area contributed by atoms with Crippen molar-refractivity contribution in [1.82, 2.24) is 19.7 Å². The van der Waals surface area contributed by atoms with E-state index in [-0.39, 0.29) is 16.7 Å². The number of hydrogen-bond donors (Lipinski definition) is 0. The SMILES string of the molecule is COc1ccc(Cn2c(S[C@@H](C)c3nc(C(C)C)no3)nc3ccccc3c2=O)cc1. The van der Waals surface area contributed by atoms with Crippen LogP contribution in [-0.4, -0.2) is 26.8 Å². The average molecular weight is 437 g/mol. The smallest absolute Gasteiger partial charge is 0.262 e. The highest BCUT2D eigenvalue weighted by atomic mass is 32.2. The van der Waals surface area contributed by atoms with Crippen molar-refractivity contribution >= 4 is 22.7 Å². The summed E-state index contributed by atoms with van der Waals surface area (Å²) in [5.41, 5.74) is 1.57. The Morgan fingerprint density at radius 3 is 2.48 bits per heavy atom. The first-order chi connectivity index (χ1) is 15.0. The minimum atomic E-state index is -0.157. The molecule has 4 rings (SSSR count). The zero-order valence-corrected chi connectivity index (χ0v) is 18.7. The van der Waals surface area contributed by atoms with Gasteiger partial charge in [-0.3, -0.25) is 9.36 Å². The number of para-hydroxylation sites is 1. The quantitative estimate of drug-likeness (QED) is 0.304. The van der Waals surface area contributed by atoms with Crippen molar-refractivity contribution in [1.29, 1.82) is 0 Å². The molecule has 0 saturated carbocycles. The molecule has 0 aliphatic carbocycles. The number of aromatic nitrogens is 4. The van der Waals surface area contributed by atoms with Gasteiger partial charge in [-0.1, -0.05) is 55.0 Å². The van der Waals surface area contributed by atoms with Crippen LogP contribution < -0.4 is 10.3 Å². The van der Waals surface area contributed by atoms with Crippen molar-refractivity contribution in [3.63, 3.8) is 0 Å². The van der Waals surface area contributed by atoms with Crippen LogP contribution in [0.1, 0.15) is 49.2 Å². The number of rotatable bonds is 7. The lowest BCUT2D eigenvalue weighted by Crippen LogP contribution is -2.24. The second kappa shape index (κ2) is 8.93. The summed E-state index contributed by atoms with van der Waals surface area (Å²) in [5.74, 6) is 2.15. The molecule has 0 spiro atoms. The molecule has 0 fully saturated rings. The van der Waals surface area contributed by atoms with E-state index in [2.05, 4.69) is 10.1 Å². The first-order valence-electron chi connectivity index (χ1n) is 10.1. The molecule has 0 aliphatic heterocycles. The molecule has 0 aliphatic rings. The Bertz CT molecular complexity index is 1250. The number of thioether (sulfide) groups is 1. The first kappa shape index (κ1) is 21.1. The Balaban J connectivity index is 1.73. The standard InChI is InChI=1S/C23H24N4O3S/c1-14(2)20-25-21(30-26-20)15(3)31-23-24-19-8-6-5-7-18(19)22(28)27(23)13-16-9-11-17(29-4)12-10-16/h5-12,14-15H,13H2,1-4H3/t15-/m0/s1. The Hall–Kier alpha value is -3.13. The van der Waals surface area contributed by atoms with Crippen LogP contribution in [-0.2, 0) is 6.54 Å². The third-order valence-electron chi connectivity index (χ3n) is 4.93. The summed E-state index contributed by atoms with van der Waals surface area (Å²) >= 11 is 1.44. The number of fused-ring (bicyclic) bond motifs is 1. The molecule has 2 heterocycles. The van der Waals surface area contributed by atoms with Gasteiger partial charge in [-0.05, 0) is 36.8 Å². The lowest BCUT2D eigenvalue weighted by atomic mass is 10.2. The molecule has 0 bridgehead atoms. The van der Waals surface area contributed by atoms with Crippen molar-refractivity contribution in [2.75, 3.05) is 7.11 Å². The van der Waals surface area contributed by atoms with Gasteiger partial charge >= 0.3 is 0 Å². The summed E-state index contributed by atoms with van der Waals surface area (Å²) in [6.07, 6.45) is 0. The van der Waals surface area contributed by atoms with E-state index in [9.17, 15) is 4.79 Å². The van der Waals surface area contributed by atoms with E-state index in [4.69, 9.17) is 14.2 Å². The maximum absolute atomic E-state index is 13.3. The number of nitrogens with zero attached hydrogens (tertiary/aromatic N) is 4. The Morgan fingerprint density at radius 2 is 1.81 bits per heavy atom. The predicted molar refractivity (Wildman–Crippen MR) is 121 cm³/mol. The van der Waals surface area contributed by atoms with Gasteiger partial charge < -0.3 is 9.26 Å². The third kappa shape index (κ3) is 4.49. The van der Waals surface area contributed by atoms with E-state index in [0.717, 1.165) is 11.3 Å². The normalized spacial score (nSPS) is 12.4. The summed E-state index contributed by atoms with van der Waals surface area (Å²) in [4.78, 5) is 22.6. The minimum Gasteiger partial charge on any atom is -0.497 e. The second-order valence-corrected chi connectivity index (χ2v) is 8.86. The van der Waals surface area contributed by atoms with E-state index >= 15 is 0 Å².